The molecular formula is C11H13Br2N5O. The van der Waals surface area contributed by atoms with Crippen LogP contribution in [0.4, 0.5) is 5.95 Å². The number of rotatable bonds is 5. The molecule has 0 bridgehead atoms. The molecule has 0 aliphatic carbocycles. The largest absolute Gasteiger partial charge is 0.492 e. The van der Waals surface area contributed by atoms with Gasteiger partial charge in [-0.15, -0.1) is 0 Å². The highest BCUT2D eigenvalue weighted by atomic mass is 79.9. The first-order valence-corrected chi connectivity index (χ1v) is 7.27. The van der Waals surface area contributed by atoms with Gasteiger partial charge in [-0.25, -0.2) is 4.68 Å². The molecule has 2 rings (SSSR count). The van der Waals surface area contributed by atoms with Gasteiger partial charge in [0.15, 0.2) is 0 Å². The average Bonchev–Trinajstić information content (AvgIpc) is 2.77. The average molecular weight is 391 g/mol. The van der Waals surface area contributed by atoms with Gasteiger partial charge in [0.25, 0.3) is 0 Å². The zero-order valence-electron chi connectivity index (χ0n) is 10.5. The second kappa shape index (κ2) is 6.33. The van der Waals surface area contributed by atoms with Gasteiger partial charge in [-0.1, -0.05) is 5.10 Å². The topological polar surface area (TPSA) is 64.9 Å². The summed E-state index contributed by atoms with van der Waals surface area (Å²) < 4.78 is 8.95. The minimum atomic E-state index is 0.623. The summed E-state index contributed by atoms with van der Waals surface area (Å²) in [6, 6.07) is 4.01. The number of aryl methyl sites for hydroxylation is 1. The van der Waals surface area contributed by atoms with Gasteiger partial charge in [0.05, 0.1) is 15.6 Å². The number of halogens is 2. The van der Waals surface area contributed by atoms with Gasteiger partial charge in [0.1, 0.15) is 5.75 Å². The molecule has 19 heavy (non-hydrogen) atoms. The van der Waals surface area contributed by atoms with Crippen LogP contribution >= 0.6 is 31.9 Å². The summed E-state index contributed by atoms with van der Waals surface area (Å²) in [4.78, 5) is 0. The van der Waals surface area contributed by atoms with E-state index in [4.69, 9.17) is 4.74 Å². The fourth-order valence-electron chi connectivity index (χ4n) is 1.56. The van der Waals surface area contributed by atoms with Gasteiger partial charge >= 0.3 is 0 Å². The number of hydrogen-bond donors (Lipinski definition) is 1. The van der Waals surface area contributed by atoms with E-state index in [9.17, 15) is 0 Å². The van der Waals surface area contributed by atoms with Crippen LogP contribution in [-0.4, -0.2) is 26.8 Å². The van der Waals surface area contributed by atoms with Gasteiger partial charge in [0, 0.05) is 13.6 Å². The lowest BCUT2D eigenvalue weighted by molar-refractivity contribution is 0.336. The summed E-state index contributed by atoms with van der Waals surface area (Å²) in [5.74, 6) is 1.44. The zero-order chi connectivity index (χ0) is 13.8. The van der Waals surface area contributed by atoms with E-state index in [1.807, 2.05) is 19.1 Å². The van der Waals surface area contributed by atoms with Crippen LogP contribution in [0, 0.1) is 0 Å². The Morgan fingerprint density at radius 2 is 2.00 bits per heavy atom. The second-order valence-corrected chi connectivity index (χ2v) is 5.51. The number of nitrogens with one attached hydrogen (secondary N) is 1. The normalized spacial score (nSPS) is 10.5. The Balaban J connectivity index is 2.11. The highest BCUT2D eigenvalue weighted by Gasteiger charge is 2.09. The second-order valence-electron chi connectivity index (χ2n) is 3.80. The predicted octanol–water partition coefficient (Wildman–Crippen LogP) is 2.75. The van der Waals surface area contributed by atoms with Crippen molar-refractivity contribution < 1.29 is 4.74 Å². The zero-order valence-corrected chi connectivity index (χ0v) is 13.7. The summed E-state index contributed by atoms with van der Waals surface area (Å²) in [5.41, 5.74) is 1.09. The Morgan fingerprint density at radius 3 is 2.53 bits per heavy atom. The Bertz CT molecular complexity index is 549. The quantitative estimate of drug-likeness (QED) is 0.850. The van der Waals surface area contributed by atoms with Crippen molar-refractivity contribution in [2.24, 2.45) is 7.05 Å². The van der Waals surface area contributed by atoms with E-state index in [1.54, 1.807) is 11.7 Å². The van der Waals surface area contributed by atoms with Gasteiger partial charge in [-0.05, 0) is 66.9 Å². The summed E-state index contributed by atoms with van der Waals surface area (Å²) in [6.45, 7) is 3.20. The third-order valence-corrected chi connectivity index (χ3v) is 3.60. The summed E-state index contributed by atoms with van der Waals surface area (Å²) >= 11 is 7.01. The number of aromatic nitrogens is 4. The molecule has 1 aromatic heterocycles. The van der Waals surface area contributed by atoms with Crippen molar-refractivity contribution in [3.8, 4) is 5.75 Å². The molecule has 0 atom stereocenters. The van der Waals surface area contributed by atoms with E-state index in [-0.39, 0.29) is 0 Å². The fraction of sp³-hybridized carbons (Fsp3) is 0.364. The molecule has 0 amide bonds. The molecule has 0 unspecified atom stereocenters. The molecule has 102 valence electrons. The summed E-state index contributed by atoms with van der Waals surface area (Å²) in [5, 5.41) is 14.4. The van der Waals surface area contributed by atoms with Crippen LogP contribution in [0.2, 0.25) is 0 Å². The van der Waals surface area contributed by atoms with Gasteiger partial charge in [-0.3, -0.25) is 0 Å². The Morgan fingerprint density at radius 1 is 1.32 bits per heavy atom. The number of ether oxygens (including phenoxy) is 1. The van der Waals surface area contributed by atoms with Gasteiger partial charge < -0.3 is 10.1 Å². The van der Waals surface area contributed by atoms with Crippen LogP contribution in [0.3, 0.4) is 0 Å². The number of hydrogen-bond acceptors (Lipinski definition) is 5. The molecule has 0 aliphatic heterocycles. The van der Waals surface area contributed by atoms with Crippen LogP contribution in [0.1, 0.15) is 12.5 Å². The molecule has 6 nitrogen and oxygen atoms in total. The lowest BCUT2D eigenvalue weighted by Gasteiger charge is -2.11. The van der Waals surface area contributed by atoms with Crippen molar-refractivity contribution in [3.63, 3.8) is 0 Å². The fourth-order valence-corrected chi connectivity index (χ4v) is 3.07. The highest BCUT2D eigenvalue weighted by molar-refractivity contribution is 9.11. The Labute approximate surface area is 127 Å². The number of nitrogens with zero attached hydrogens (tertiary/aromatic N) is 4. The molecule has 2 aromatic rings. The lowest BCUT2D eigenvalue weighted by atomic mass is 10.2. The van der Waals surface area contributed by atoms with Crippen LogP contribution in [0.15, 0.2) is 21.1 Å². The van der Waals surface area contributed by atoms with Crippen molar-refractivity contribution in [1.29, 1.82) is 0 Å². The van der Waals surface area contributed by atoms with Crippen LogP contribution in [0.25, 0.3) is 0 Å². The maximum Gasteiger partial charge on any atom is 0.242 e. The monoisotopic (exact) mass is 389 g/mol. The SMILES string of the molecule is CCOc1c(Br)cc(CNc2nnnn2C)cc1Br. The maximum atomic E-state index is 5.54. The minimum Gasteiger partial charge on any atom is -0.492 e. The van der Waals surface area contributed by atoms with Crippen molar-refractivity contribution >= 4 is 37.8 Å². The maximum absolute atomic E-state index is 5.54. The predicted molar refractivity (Wildman–Crippen MR) is 79.1 cm³/mol. The number of anilines is 1. The number of tetrazole rings is 1. The van der Waals surface area contributed by atoms with E-state index in [2.05, 4.69) is 52.7 Å². The minimum absolute atomic E-state index is 0.623. The van der Waals surface area contributed by atoms with E-state index >= 15 is 0 Å². The van der Waals surface area contributed by atoms with Crippen LogP contribution < -0.4 is 10.1 Å². The van der Waals surface area contributed by atoms with Gasteiger partial charge in [0.2, 0.25) is 5.95 Å². The van der Waals surface area contributed by atoms with E-state index < -0.39 is 0 Å². The van der Waals surface area contributed by atoms with Crippen molar-refractivity contribution in [3.05, 3.63) is 26.6 Å². The Kier molecular flexibility index (Phi) is 4.76. The Hall–Kier alpha value is -1.15. The molecular weight excluding hydrogens is 378 g/mol. The van der Waals surface area contributed by atoms with Gasteiger partial charge in [-0.2, -0.15) is 0 Å². The number of benzene rings is 1. The molecule has 1 heterocycles. The summed E-state index contributed by atoms with van der Waals surface area (Å²) in [6.07, 6.45) is 0. The van der Waals surface area contributed by atoms with Crippen molar-refractivity contribution in [2.75, 3.05) is 11.9 Å². The molecule has 8 heteroatoms. The summed E-state index contributed by atoms with van der Waals surface area (Å²) in [7, 11) is 1.78. The molecule has 0 saturated carbocycles. The smallest absolute Gasteiger partial charge is 0.242 e. The molecule has 0 aliphatic rings. The first-order chi connectivity index (χ1) is 9.11. The van der Waals surface area contributed by atoms with E-state index in [1.165, 1.54) is 0 Å². The molecule has 0 fully saturated rings. The first-order valence-electron chi connectivity index (χ1n) is 5.68. The van der Waals surface area contributed by atoms with Crippen molar-refractivity contribution in [1.82, 2.24) is 20.2 Å². The van der Waals surface area contributed by atoms with Crippen LogP contribution in [-0.2, 0) is 13.6 Å². The third-order valence-electron chi connectivity index (χ3n) is 2.42. The molecule has 0 spiro atoms. The molecule has 1 aromatic carbocycles. The molecule has 0 saturated heterocycles. The first kappa shape index (κ1) is 14.3. The molecule has 0 radical (unpaired) electrons. The van der Waals surface area contributed by atoms with Crippen molar-refractivity contribution in [2.45, 2.75) is 13.5 Å². The highest BCUT2D eigenvalue weighted by Crippen LogP contribution is 2.34. The molecule has 1 N–H and O–H groups in total. The third kappa shape index (κ3) is 3.44. The standard InChI is InChI=1S/C11H13Br2N5O/c1-3-19-10-8(12)4-7(5-9(10)13)6-14-11-15-16-17-18(11)2/h4-5H,3,6H2,1-2H3,(H,14,15,17). The van der Waals surface area contributed by atoms with E-state index in [0.717, 1.165) is 20.3 Å². The van der Waals surface area contributed by atoms with E-state index in [0.29, 0.717) is 19.1 Å². The lowest BCUT2D eigenvalue weighted by Crippen LogP contribution is -2.06. The van der Waals surface area contributed by atoms with Crippen LogP contribution in [0.5, 0.6) is 5.75 Å².